The van der Waals surface area contributed by atoms with Crippen molar-refractivity contribution < 1.29 is 8.42 Å². The van der Waals surface area contributed by atoms with Crippen LogP contribution in [0.15, 0.2) is 0 Å². The van der Waals surface area contributed by atoms with Crippen LogP contribution in [0.25, 0.3) is 0 Å². The van der Waals surface area contributed by atoms with Crippen LogP contribution in [0.5, 0.6) is 0 Å². The Morgan fingerprint density at radius 1 is 1.27 bits per heavy atom. The Morgan fingerprint density at radius 2 is 2.00 bits per heavy atom. The fourth-order valence-corrected chi connectivity index (χ4v) is 4.12. The molecule has 4 nitrogen and oxygen atoms in total. The van der Waals surface area contributed by atoms with Gasteiger partial charge in [0.25, 0.3) is 0 Å². The van der Waals surface area contributed by atoms with E-state index < -0.39 is 10.0 Å². The van der Waals surface area contributed by atoms with Gasteiger partial charge < -0.3 is 5.32 Å². The summed E-state index contributed by atoms with van der Waals surface area (Å²) in [6.45, 7) is 3.30. The summed E-state index contributed by atoms with van der Waals surface area (Å²) in [5.74, 6) is 0.296. The average molecular weight is 232 g/mol. The van der Waals surface area contributed by atoms with Crippen molar-refractivity contribution in [3.63, 3.8) is 0 Å². The second-order valence-electron chi connectivity index (χ2n) is 4.60. The third-order valence-corrected chi connectivity index (χ3v) is 5.38. The minimum Gasteiger partial charge on any atom is -0.310 e. The largest absolute Gasteiger partial charge is 0.310 e. The van der Waals surface area contributed by atoms with Crippen LogP contribution < -0.4 is 5.32 Å². The maximum Gasteiger partial charge on any atom is 0.214 e. The highest BCUT2D eigenvalue weighted by Gasteiger charge is 2.33. The summed E-state index contributed by atoms with van der Waals surface area (Å²) in [7, 11) is -2.99. The lowest BCUT2D eigenvalue weighted by atomic mass is 10.1. The molecule has 0 aromatic rings. The molecule has 2 heterocycles. The molecule has 5 heteroatoms. The van der Waals surface area contributed by atoms with Crippen LogP contribution >= 0.6 is 0 Å². The fourth-order valence-electron chi connectivity index (χ4n) is 2.55. The van der Waals surface area contributed by atoms with Gasteiger partial charge >= 0.3 is 0 Å². The van der Waals surface area contributed by atoms with Crippen molar-refractivity contribution in [2.24, 2.45) is 0 Å². The van der Waals surface area contributed by atoms with Crippen LogP contribution in [0.4, 0.5) is 0 Å². The summed E-state index contributed by atoms with van der Waals surface area (Å²) in [6.07, 6.45) is 4.02. The molecule has 2 rings (SSSR count). The van der Waals surface area contributed by atoms with Crippen molar-refractivity contribution in [3.05, 3.63) is 0 Å². The highest BCUT2D eigenvalue weighted by atomic mass is 32.2. The molecule has 0 aromatic heterocycles. The van der Waals surface area contributed by atoms with Crippen molar-refractivity contribution in [2.45, 2.75) is 44.7 Å². The Bertz CT molecular complexity index is 315. The van der Waals surface area contributed by atoms with Crippen molar-refractivity contribution in [2.75, 3.05) is 18.8 Å². The molecular weight excluding hydrogens is 212 g/mol. The van der Waals surface area contributed by atoms with E-state index in [1.807, 2.05) is 6.92 Å². The molecule has 2 aliphatic rings. The van der Waals surface area contributed by atoms with Crippen LogP contribution in [0.2, 0.25) is 0 Å². The average Bonchev–Trinajstić information content (AvgIpc) is 2.44. The summed E-state index contributed by atoms with van der Waals surface area (Å²) in [5, 5.41) is 3.49. The van der Waals surface area contributed by atoms with Gasteiger partial charge in [-0.3, -0.25) is 0 Å². The molecule has 2 atom stereocenters. The number of hydrogen-bond acceptors (Lipinski definition) is 3. The molecule has 2 aliphatic heterocycles. The van der Waals surface area contributed by atoms with Crippen LogP contribution in [0, 0.1) is 0 Å². The van der Waals surface area contributed by atoms with E-state index in [1.54, 1.807) is 4.31 Å². The standard InChI is InChI=1S/C10H20N2O2S/c1-2-7-15(13,14)12-6-5-9-3-4-10(8-12)11-9/h9-11H,2-8H2,1H3. The van der Waals surface area contributed by atoms with Crippen molar-refractivity contribution >= 4 is 10.0 Å². The van der Waals surface area contributed by atoms with E-state index in [9.17, 15) is 8.42 Å². The molecule has 15 heavy (non-hydrogen) atoms. The molecule has 0 radical (unpaired) electrons. The fraction of sp³-hybridized carbons (Fsp3) is 1.00. The zero-order valence-corrected chi connectivity index (χ0v) is 10.1. The molecule has 2 fully saturated rings. The van der Waals surface area contributed by atoms with Gasteiger partial charge in [-0.25, -0.2) is 12.7 Å². The lowest BCUT2D eigenvalue weighted by molar-refractivity contribution is 0.383. The van der Waals surface area contributed by atoms with Crippen LogP contribution in [-0.4, -0.2) is 43.6 Å². The highest BCUT2D eigenvalue weighted by Crippen LogP contribution is 2.22. The van der Waals surface area contributed by atoms with E-state index in [0.717, 1.165) is 12.8 Å². The summed E-state index contributed by atoms with van der Waals surface area (Å²) < 4.78 is 25.5. The van der Waals surface area contributed by atoms with E-state index >= 15 is 0 Å². The Kier molecular flexibility index (Phi) is 3.33. The second-order valence-corrected chi connectivity index (χ2v) is 6.69. The number of fused-ring (bicyclic) bond motifs is 2. The second kappa shape index (κ2) is 4.39. The molecule has 0 spiro atoms. The summed E-state index contributed by atoms with van der Waals surface area (Å²) in [5.41, 5.74) is 0. The van der Waals surface area contributed by atoms with Gasteiger partial charge in [0.1, 0.15) is 0 Å². The number of rotatable bonds is 3. The van der Waals surface area contributed by atoms with Gasteiger partial charge in [0.2, 0.25) is 10.0 Å². The van der Waals surface area contributed by atoms with E-state index in [-0.39, 0.29) is 0 Å². The van der Waals surface area contributed by atoms with Gasteiger partial charge in [-0.1, -0.05) is 6.92 Å². The zero-order valence-electron chi connectivity index (χ0n) is 9.28. The first-order valence-electron chi connectivity index (χ1n) is 5.85. The quantitative estimate of drug-likeness (QED) is 0.773. The topological polar surface area (TPSA) is 49.4 Å². The first kappa shape index (κ1) is 11.4. The number of nitrogens with zero attached hydrogens (tertiary/aromatic N) is 1. The molecule has 0 aliphatic carbocycles. The van der Waals surface area contributed by atoms with E-state index in [1.165, 1.54) is 6.42 Å². The molecule has 2 saturated heterocycles. The van der Waals surface area contributed by atoms with Gasteiger partial charge in [-0.05, 0) is 25.7 Å². The van der Waals surface area contributed by atoms with E-state index in [2.05, 4.69) is 5.32 Å². The Labute approximate surface area is 92.1 Å². The predicted molar refractivity (Wildman–Crippen MR) is 60.2 cm³/mol. The van der Waals surface area contributed by atoms with Crippen LogP contribution in [0.3, 0.4) is 0 Å². The molecule has 0 saturated carbocycles. The van der Waals surface area contributed by atoms with Crippen LogP contribution in [-0.2, 0) is 10.0 Å². The molecular formula is C10H20N2O2S. The minimum atomic E-state index is -2.99. The lowest BCUT2D eigenvalue weighted by Gasteiger charge is -2.23. The van der Waals surface area contributed by atoms with E-state index in [0.29, 0.717) is 37.3 Å². The van der Waals surface area contributed by atoms with Crippen molar-refractivity contribution in [1.29, 1.82) is 0 Å². The summed E-state index contributed by atoms with van der Waals surface area (Å²) in [6, 6.07) is 0.945. The number of nitrogens with one attached hydrogen (secondary N) is 1. The Morgan fingerprint density at radius 3 is 2.73 bits per heavy atom. The first-order chi connectivity index (χ1) is 7.12. The molecule has 0 amide bonds. The predicted octanol–water partition coefficient (Wildman–Crippen LogP) is 0.552. The van der Waals surface area contributed by atoms with Crippen molar-refractivity contribution in [3.8, 4) is 0 Å². The SMILES string of the molecule is CCCS(=O)(=O)N1CCC2CCC(C1)N2. The minimum absolute atomic E-state index is 0.296. The maximum atomic E-state index is 11.9. The Hall–Kier alpha value is -0.130. The number of hydrogen-bond donors (Lipinski definition) is 1. The first-order valence-corrected chi connectivity index (χ1v) is 7.46. The molecule has 2 unspecified atom stereocenters. The smallest absolute Gasteiger partial charge is 0.214 e. The van der Waals surface area contributed by atoms with Crippen LogP contribution in [0.1, 0.15) is 32.6 Å². The van der Waals surface area contributed by atoms with E-state index in [4.69, 9.17) is 0 Å². The zero-order chi connectivity index (χ0) is 10.9. The highest BCUT2D eigenvalue weighted by molar-refractivity contribution is 7.89. The van der Waals surface area contributed by atoms with Gasteiger partial charge in [-0.15, -0.1) is 0 Å². The van der Waals surface area contributed by atoms with Gasteiger partial charge in [-0.2, -0.15) is 0 Å². The van der Waals surface area contributed by atoms with Gasteiger partial charge in [0.15, 0.2) is 0 Å². The monoisotopic (exact) mass is 232 g/mol. The Balaban J connectivity index is 2.04. The number of sulfonamides is 1. The molecule has 88 valence electrons. The summed E-state index contributed by atoms with van der Waals surface area (Å²) >= 11 is 0. The molecule has 2 bridgehead atoms. The lowest BCUT2D eigenvalue weighted by Crippen LogP contribution is -2.40. The summed E-state index contributed by atoms with van der Waals surface area (Å²) in [4.78, 5) is 0. The molecule has 1 N–H and O–H groups in total. The third-order valence-electron chi connectivity index (χ3n) is 3.34. The normalized spacial score (nSPS) is 32.9. The van der Waals surface area contributed by atoms with Gasteiger partial charge in [0.05, 0.1) is 5.75 Å². The molecule has 0 aromatic carbocycles. The third kappa shape index (κ3) is 2.52. The van der Waals surface area contributed by atoms with Gasteiger partial charge in [0, 0.05) is 25.2 Å². The maximum absolute atomic E-state index is 11.9. The van der Waals surface area contributed by atoms with Crippen molar-refractivity contribution in [1.82, 2.24) is 9.62 Å².